The van der Waals surface area contributed by atoms with Crippen molar-refractivity contribution in [3.05, 3.63) is 0 Å². The third-order valence-corrected chi connectivity index (χ3v) is 5.87. The topological polar surface area (TPSA) is 49.9 Å². The zero-order valence-corrected chi connectivity index (χ0v) is 15.4. The Kier molecular flexibility index (Phi) is 5.19. The fourth-order valence-corrected chi connectivity index (χ4v) is 4.44. The van der Waals surface area contributed by atoms with Crippen LogP contribution in [0.3, 0.4) is 0 Å². The first-order valence-electron chi connectivity index (χ1n) is 9.68. The fraction of sp³-hybridized carbons (Fsp3) is 0.895. The van der Waals surface area contributed by atoms with Crippen molar-refractivity contribution >= 4 is 11.8 Å². The fourth-order valence-electron chi connectivity index (χ4n) is 4.44. The lowest BCUT2D eigenvalue weighted by Gasteiger charge is -2.43. The maximum atomic E-state index is 13.0. The minimum absolute atomic E-state index is 0.0922. The van der Waals surface area contributed by atoms with E-state index in [2.05, 4.69) is 20.8 Å². The molecule has 24 heavy (non-hydrogen) atoms. The average Bonchev–Trinajstić information content (AvgIpc) is 3.17. The van der Waals surface area contributed by atoms with Crippen molar-refractivity contribution in [3.8, 4) is 0 Å². The third-order valence-electron chi connectivity index (χ3n) is 5.87. The first-order valence-corrected chi connectivity index (χ1v) is 9.68. The number of carbonyl (C=O) groups excluding carboxylic acids is 2. The number of likely N-dealkylation sites (tertiary alicyclic amines) is 1. The number of nitrogens with zero attached hydrogens (tertiary/aromatic N) is 2. The van der Waals surface area contributed by atoms with Crippen LogP contribution in [0.4, 0.5) is 0 Å². The van der Waals surface area contributed by atoms with Crippen LogP contribution in [0.5, 0.6) is 0 Å². The van der Waals surface area contributed by atoms with E-state index in [4.69, 9.17) is 4.74 Å². The van der Waals surface area contributed by atoms with Gasteiger partial charge in [0, 0.05) is 19.5 Å². The Morgan fingerprint density at radius 1 is 1.17 bits per heavy atom. The highest BCUT2D eigenvalue weighted by Gasteiger charge is 2.54. The number of hydrogen-bond donors (Lipinski definition) is 0. The van der Waals surface area contributed by atoms with Gasteiger partial charge < -0.3 is 9.64 Å². The first-order chi connectivity index (χ1) is 11.4. The van der Waals surface area contributed by atoms with Crippen molar-refractivity contribution in [2.45, 2.75) is 77.5 Å². The molecule has 0 aromatic carbocycles. The van der Waals surface area contributed by atoms with Gasteiger partial charge in [-0.05, 0) is 50.4 Å². The van der Waals surface area contributed by atoms with Gasteiger partial charge in [0.25, 0.3) is 0 Å². The van der Waals surface area contributed by atoms with Crippen LogP contribution in [0.1, 0.15) is 65.7 Å². The van der Waals surface area contributed by atoms with Gasteiger partial charge in [0.15, 0.2) is 0 Å². The third kappa shape index (κ3) is 3.32. The highest BCUT2D eigenvalue weighted by molar-refractivity contribution is 5.89. The molecule has 3 aliphatic rings. The Labute approximate surface area is 145 Å². The van der Waals surface area contributed by atoms with Crippen molar-refractivity contribution in [3.63, 3.8) is 0 Å². The smallest absolute Gasteiger partial charge is 0.247 e. The van der Waals surface area contributed by atoms with Crippen LogP contribution >= 0.6 is 0 Å². The molecule has 2 heterocycles. The number of carbonyl (C=O) groups is 2. The molecule has 2 amide bonds. The SMILES string of the molecule is CC(C)CC(=O)N1[C@@H](C(=O)N2CCCC2)COC12CCC(C)CC2. The highest BCUT2D eigenvalue weighted by atomic mass is 16.5. The molecule has 2 saturated heterocycles. The largest absolute Gasteiger partial charge is 0.353 e. The van der Waals surface area contributed by atoms with Gasteiger partial charge in [0.1, 0.15) is 11.8 Å². The second-order valence-electron chi connectivity index (χ2n) is 8.35. The number of ether oxygens (including phenoxy) is 1. The molecule has 0 N–H and O–H groups in total. The summed E-state index contributed by atoms with van der Waals surface area (Å²) in [5, 5.41) is 0. The Bertz CT molecular complexity index is 477. The standard InChI is InChI=1S/C19H32N2O3/c1-14(2)12-17(22)21-16(18(23)20-10-4-5-11-20)13-24-19(21)8-6-15(3)7-9-19/h14-16H,4-13H2,1-3H3/t15?,16-,19?/m1/s1. The molecule has 0 bridgehead atoms. The Balaban J connectivity index is 1.82. The molecule has 1 aliphatic carbocycles. The van der Waals surface area contributed by atoms with Crippen molar-refractivity contribution in [2.24, 2.45) is 11.8 Å². The summed E-state index contributed by atoms with van der Waals surface area (Å²) in [4.78, 5) is 29.8. The summed E-state index contributed by atoms with van der Waals surface area (Å²) in [6.45, 7) is 8.39. The molecule has 136 valence electrons. The maximum absolute atomic E-state index is 13.0. The van der Waals surface area contributed by atoms with Crippen molar-refractivity contribution in [2.75, 3.05) is 19.7 Å². The molecule has 0 aromatic heterocycles. The monoisotopic (exact) mass is 336 g/mol. The second kappa shape index (κ2) is 7.03. The minimum atomic E-state index is -0.529. The van der Waals surface area contributed by atoms with Crippen LogP contribution in [0, 0.1) is 11.8 Å². The molecule has 1 saturated carbocycles. The van der Waals surface area contributed by atoms with Crippen LogP contribution in [0.15, 0.2) is 0 Å². The quantitative estimate of drug-likeness (QED) is 0.796. The molecule has 0 unspecified atom stereocenters. The van der Waals surface area contributed by atoms with Gasteiger partial charge in [0.05, 0.1) is 6.61 Å². The van der Waals surface area contributed by atoms with E-state index in [-0.39, 0.29) is 11.8 Å². The molecule has 3 rings (SSSR count). The van der Waals surface area contributed by atoms with E-state index in [0.717, 1.165) is 51.6 Å². The van der Waals surface area contributed by atoms with Gasteiger partial charge in [0.2, 0.25) is 11.8 Å². The molecule has 1 atom stereocenters. The van der Waals surface area contributed by atoms with E-state index >= 15 is 0 Å². The van der Waals surface area contributed by atoms with Crippen LogP contribution in [-0.2, 0) is 14.3 Å². The van der Waals surface area contributed by atoms with Gasteiger partial charge in [-0.3, -0.25) is 14.5 Å². The predicted molar refractivity (Wildman–Crippen MR) is 92.2 cm³/mol. The molecule has 0 radical (unpaired) electrons. The molecule has 3 fully saturated rings. The summed E-state index contributed by atoms with van der Waals surface area (Å²) in [5.41, 5.74) is -0.529. The number of amides is 2. The second-order valence-corrected chi connectivity index (χ2v) is 8.35. The summed E-state index contributed by atoms with van der Waals surface area (Å²) in [5.74, 6) is 1.16. The number of hydrogen-bond acceptors (Lipinski definition) is 3. The zero-order valence-electron chi connectivity index (χ0n) is 15.4. The lowest BCUT2D eigenvalue weighted by Crippen LogP contribution is -2.57. The van der Waals surface area contributed by atoms with Gasteiger partial charge in [-0.2, -0.15) is 0 Å². The normalized spacial score (nSPS) is 33.7. The molecular weight excluding hydrogens is 304 g/mol. The predicted octanol–water partition coefficient (Wildman–Crippen LogP) is 2.79. The van der Waals surface area contributed by atoms with Crippen molar-refractivity contribution < 1.29 is 14.3 Å². The van der Waals surface area contributed by atoms with Crippen molar-refractivity contribution in [1.82, 2.24) is 9.80 Å². The van der Waals surface area contributed by atoms with E-state index < -0.39 is 11.8 Å². The van der Waals surface area contributed by atoms with E-state index in [1.807, 2.05) is 9.80 Å². The van der Waals surface area contributed by atoms with Crippen LogP contribution < -0.4 is 0 Å². The van der Waals surface area contributed by atoms with Crippen LogP contribution in [0.25, 0.3) is 0 Å². The minimum Gasteiger partial charge on any atom is -0.353 e. The summed E-state index contributed by atoms with van der Waals surface area (Å²) in [6, 6.07) is -0.414. The van der Waals surface area contributed by atoms with Gasteiger partial charge in [-0.15, -0.1) is 0 Å². The summed E-state index contributed by atoms with van der Waals surface area (Å²) >= 11 is 0. The molecule has 2 aliphatic heterocycles. The molecule has 0 aromatic rings. The number of rotatable bonds is 3. The van der Waals surface area contributed by atoms with Crippen LogP contribution in [0.2, 0.25) is 0 Å². The van der Waals surface area contributed by atoms with Gasteiger partial charge >= 0.3 is 0 Å². The Hall–Kier alpha value is -1.10. The molecule has 1 spiro atoms. The summed E-state index contributed by atoms with van der Waals surface area (Å²) < 4.78 is 6.20. The van der Waals surface area contributed by atoms with Crippen molar-refractivity contribution in [1.29, 1.82) is 0 Å². The Morgan fingerprint density at radius 3 is 2.38 bits per heavy atom. The van der Waals surface area contributed by atoms with Crippen LogP contribution in [-0.4, -0.2) is 53.1 Å². The van der Waals surface area contributed by atoms with E-state index in [0.29, 0.717) is 24.9 Å². The van der Waals surface area contributed by atoms with E-state index in [1.54, 1.807) is 0 Å². The molecular formula is C19H32N2O3. The maximum Gasteiger partial charge on any atom is 0.247 e. The first kappa shape index (κ1) is 17.7. The van der Waals surface area contributed by atoms with E-state index in [1.165, 1.54) is 0 Å². The lowest BCUT2D eigenvalue weighted by molar-refractivity contribution is -0.163. The zero-order chi connectivity index (χ0) is 17.3. The van der Waals surface area contributed by atoms with E-state index in [9.17, 15) is 9.59 Å². The molecule has 5 heteroatoms. The average molecular weight is 336 g/mol. The lowest BCUT2D eigenvalue weighted by atomic mass is 9.83. The van der Waals surface area contributed by atoms with Gasteiger partial charge in [-0.25, -0.2) is 0 Å². The summed E-state index contributed by atoms with van der Waals surface area (Å²) in [6.07, 6.45) is 6.49. The Morgan fingerprint density at radius 2 is 1.79 bits per heavy atom. The molecule has 5 nitrogen and oxygen atoms in total. The summed E-state index contributed by atoms with van der Waals surface area (Å²) in [7, 11) is 0. The van der Waals surface area contributed by atoms with Gasteiger partial charge in [-0.1, -0.05) is 20.8 Å². The highest BCUT2D eigenvalue weighted by Crippen LogP contribution is 2.43.